The molecule has 2 N–H and O–H groups in total. The number of thiophene rings is 1. The van der Waals surface area contributed by atoms with Gasteiger partial charge in [-0.2, -0.15) is 4.31 Å². The first-order valence-electron chi connectivity index (χ1n) is 6.20. The zero-order valence-electron chi connectivity index (χ0n) is 11.3. The zero-order valence-corrected chi connectivity index (χ0v) is 13.7. The van der Waals surface area contributed by atoms with Crippen molar-refractivity contribution in [3.63, 3.8) is 0 Å². The molecule has 0 amide bonds. The van der Waals surface area contributed by atoms with Crippen molar-refractivity contribution in [1.82, 2.24) is 4.31 Å². The molecule has 19 heavy (non-hydrogen) atoms. The third-order valence-electron chi connectivity index (χ3n) is 3.60. The van der Waals surface area contributed by atoms with Crippen LogP contribution in [0.15, 0.2) is 16.3 Å². The van der Waals surface area contributed by atoms with Crippen LogP contribution in [0.1, 0.15) is 25.1 Å². The standard InChI is InChI=1S/C12H20N2O2S2.ClH/c1-3-10-4-5-11(17-10)18(15,16)14-7-6-12(2,8-13)9-14;/h4-5H,3,6-9,13H2,1-2H3;1H. The molecule has 1 fully saturated rings. The highest BCUT2D eigenvalue weighted by atomic mass is 35.5. The van der Waals surface area contributed by atoms with Gasteiger partial charge in [-0.15, -0.1) is 23.7 Å². The SMILES string of the molecule is CCc1ccc(S(=O)(=O)N2CCC(C)(CN)C2)s1.Cl. The van der Waals surface area contributed by atoms with Crippen LogP contribution >= 0.6 is 23.7 Å². The van der Waals surface area contributed by atoms with Gasteiger partial charge in [0.05, 0.1) is 0 Å². The molecule has 1 aromatic rings. The lowest BCUT2D eigenvalue weighted by molar-refractivity contribution is 0.350. The minimum atomic E-state index is -3.31. The number of halogens is 1. The first-order valence-corrected chi connectivity index (χ1v) is 8.46. The average Bonchev–Trinajstić information content (AvgIpc) is 2.96. The second-order valence-corrected chi connectivity index (χ2v) is 8.51. The Morgan fingerprint density at radius 2 is 2.16 bits per heavy atom. The van der Waals surface area contributed by atoms with Gasteiger partial charge in [0.2, 0.25) is 0 Å². The van der Waals surface area contributed by atoms with E-state index in [2.05, 4.69) is 6.92 Å². The van der Waals surface area contributed by atoms with Crippen molar-refractivity contribution in [3.05, 3.63) is 17.0 Å². The summed E-state index contributed by atoms with van der Waals surface area (Å²) in [5.74, 6) is 0. The van der Waals surface area contributed by atoms with Gasteiger partial charge in [0, 0.05) is 18.0 Å². The summed E-state index contributed by atoms with van der Waals surface area (Å²) in [4.78, 5) is 1.11. The molecule has 1 unspecified atom stereocenters. The molecule has 0 radical (unpaired) electrons. The van der Waals surface area contributed by atoms with Gasteiger partial charge < -0.3 is 5.73 Å². The highest BCUT2D eigenvalue weighted by molar-refractivity contribution is 7.91. The summed E-state index contributed by atoms with van der Waals surface area (Å²) >= 11 is 1.37. The monoisotopic (exact) mass is 324 g/mol. The van der Waals surface area contributed by atoms with E-state index >= 15 is 0 Å². The van der Waals surface area contributed by atoms with E-state index in [1.165, 1.54) is 11.3 Å². The van der Waals surface area contributed by atoms with Gasteiger partial charge >= 0.3 is 0 Å². The van der Waals surface area contributed by atoms with Crippen molar-refractivity contribution >= 4 is 33.8 Å². The Balaban J connectivity index is 0.00000180. The number of hydrogen-bond donors (Lipinski definition) is 1. The maximum Gasteiger partial charge on any atom is 0.252 e. The van der Waals surface area contributed by atoms with E-state index in [1.807, 2.05) is 13.0 Å². The van der Waals surface area contributed by atoms with Crippen LogP contribution in [-0.2, 0) is 16.4 Å². The summed E-state index contributed by atoms with van der Waals surface area (Å²) in [6.07, 6.45) is 1.72. The summed E-state index contributed by atoms with van der Waals surface area (Å²) in [7, 11) is -3.31. The molecule has 0 saturated carbocycles. The first kappa shape index (κ1) is 16.9. The lowest BCUT2D eigenvalue weighted by Crippen LogP contribution is -2.34. The van der Waals surface area contributed by atoms with Gasteiger partial charge in [-0.25, -0.2) is 8.42 Å². The molecule has 4 nitrogen and oxygen atoms in total. The zero-order chi connectivity index (χ0) is 13.4. The van der Waals surface area contributed by atoms with Crippen LogP contribution in [0.2, 0.25) is 0 Å². The van der Waals surface area contributed by atoms with E-state index in [0.29, 0.717) is 23.8 Å². The van der Waals surface area contributed by atoms with Crippen LogP contribution in [0.4, 0.5) is 0 Å². The van der Waals surface area contributed by atoms with Crippen LogP contribution in [0.25, 0.3) is 0 Å². The van der Waals surface area contributed by atoms with Crippen molar-refractivity contribution in [2.75, 3.05) is 19.6 Å². The summed E-state index contributed by atoms with van der Waals surface area (Å²) in [5.41, 5.74) is 5.65. The summed E-state index contributed by atoms with van der Waals surface area (Å²) < 4.78 is 27.0. The Labute approximate surface area is 125 Å². The quantitative estimate of drug-likeness (QED) is 0.922. The number of rotatable bonds is 4. The minimum absolute atomic E-state index is 0. The predicted octanol–water partition coefficient (Wildman–Crippen LogP) is 2.09. The maximum absolute atomic E-state index is 12.5. The van der Waals surface area contributed by atoms with Crippen molar-refractivity contribution in [2.24, 2.45) is 11.1 Å². The molecule has 2 heterocycles. The van der Waals surface area contributed by atoms with Gasteiger partial charge in [-0.3, -0.25) is 0 Å². The van der Waals surface area contributed by atoms with E-state index < -0.39 is 10.0 Å². The third kappa shape index (κ3) is 3.31. The molecule has 1 saturated heterocycles. The molecular weight excluding hydrogens is 304 g/mol. The third-order valence-corrected chi connectivity index (χ3v) is 7.14. The average molecular weight is 325 g/mol. The topological polar surface area (TPSA) is 63.4 Å². The highest BCUT2D eigenvalue weighted by Gasteiger charge is 2.39. The molecule has 7 heteroatoms. The smallest absolute Gasteiger partial charge is 0.252 e. The van der Waals surface area contributed by atoms with Crippen molar-refractivity contribution in [2.45, 2.75) is 30.9 Å². The predicted molar refractivity (Wildman–Crippen MR) is 81.5 cm³/mol. The fraction of sp³-hybridized carbons (Fsp3) is 0.667. The van der Waals surface area contributed by atoms with Crippen molar-refractivity contribution in [3.8, 4) is 0 Å². The van der Waals surface area contributed by atoms with Gasteiger partial charge in [0.1, 0.15) is 4.21 Å². The van der Waals surface area contributed by atoms with Crippen LogP contribution in [-0.4, -0.2) is 32.4 Å². The second-order valence-electron chi connectivity index (χ2n) is 5.18. The Morgan fingerprint density at radius 1 is 1.47 bits per heavy atom. The fourth-order valence-corrected chi connectivity index (χ4v) is 5.21. The van der Waals surface area contributed by atoms with E-state index in [1.54, 1.807) is 10.4 Å². The number of nitrogens with zero attached hydrogens (tertiary/aromatic N) is 1. The van der Waals surface area contributed by atoms with Gasteiger partial charge in [0.25, 0.3) is 10.0 Å². The maximum atomic E-state index is 12.5. The normalized spacial score (nSPS) is 24.4. The van der Waals surface area contributed by atoms with Crippen LogP contribution in [0, 0.1) is 5.41 Å². The summed E-state index contributed by atoms with van der Waals surface area (Å²) in [6.45, 7) is 5.72. The summed E-state index contributed by atoms with van der Waals surface area (Å²) in [6, 6.07) is 3.62. The Kier molecular flexibility index (Phi) is 5.43. The summed E-state index contributed by atoms with van der Waals surface area (Å²) in [5, 5.41) is 0. The molecular formula is C12H21ClN2O2S2. The number of hydrogen-bond acceptors (Lipinski definition) is 4. The van der Waals surface area contributed by atoms with E-state index in [-0.39, 0.29) is 17.8 Å². The number of aryl methyl sites for hydroxylation is 1. The van der Waals surface area contributed by atoms with Crippen LogP contribution in [0.3, 0.4) is 0 Å². The lowest BCUT2D eigenvalue weighted by Gasteiger charge is -2.21. The van der Waals surface area contributed by atoms with Crippen LogP contribution in [0.5, 0.6) is 0 Å². The molecule has 1 aromatic heterocycles. The molecule has 0 aromatic carbocycles. The van der Waals surface area contributed by atoms with E-state index in [0.717, 1.165) is 17.7 Å². The number of nitrogens with two attached hydrogens (primary N) is 1. The molecule has 0 bridgehead atoms. The van der Waals surface area contributed by atoms with Gasteiger partial charge in [0.15, 0.2) is 0 Å². The largest absolute Gasteiger partial charge is 0.330 e. The molecule has 0 spiro atoms. The van der Waals surface area contributed by atoms with Crippen molar-refractivity contribution < 1.29 is 8.42 Å². The van der Waals surface area contributed by atoms with E-state index in [9.17, 15) is 8.42 Å². The lowest BCUT2D eigenvalue weighted by atomic mass is 9.90. The minimum Gasteiger partial charge on any atom is -0.330 e. The first-order chi connectivity index (χ1) is 8.41. The molecule has 0 aliphatic carbocycles. The molecule has 1 aliphatic rings. The second kappa shape index (κ2) is 6.10. The fourth-order valence-electron chi connectivity index (χ4n) is 2.16. The van der Waals surface area contributed by atoms with E-state index in [4.69, 9.17) is 5.73 Å². The van der Waals surface area contributed by atoms with Crippen molar-refractivity contribution in [1.29, 1.82) is 0 Å². The molecule has 2 rings (SSSR count). The highest BCUT2D eigenvalue weighted by Crippen LogP contribution is 2.34. The Bertz CT molecular complexity index is 530. The van der Waals surface area contributed by atoms with Gasteiger partial charge in [-0.05, 0) is 36.9 Å². The molecule has 110 valence electrons. The number of sulfonamides is 1. The van der Waals surface area contributed by atoms with Gasteiger partial charge in [-0.1, -0.05) is 13.8 Å². The van der Waals surface area contributed by atoms with Crippen LogP contribution < -0.4 is 5.73 Å². The Morgan fingerprint density at radius 3 is 2.63 bits per heavy atom. The Hall–Kier alpha value is -0.140. The molecule has 1 aliphatic heterocycles. The molecule has 1 atom stereocenters.